The summed E-state index contributed by atoms with van der Waals surface area (Å²) in [6, 6.07) is 3.57. The van der Waals surface area contributed by atoms with Crippen molar-refractivity contribution in [3.63, 3.8) is 0 Å². The van der Waals surface area contributed by atoms with E-state index in [0.29, 0.717) is 25.2 Å². The monoisotopic (exact) mass is 249 g/mol. The molecule has 2 heterocycles. The first-order chi connectivity index (χ1) is 8.61. The highest BCUT2D eigenvalue weighted by molar-refractivity contribution is 5.93. The lowest BCUT2D eigenvalue weighted by Crippen LogP contribution is -2.45. The number of aliphatic hydroxyl groups is 1. The Hall–Kier alpha value is -1.62. The minimum Gasteiger partial charge on any atom is -0.393 e. The van der Waals surface area contributed by atoms with Crippen LogP contribution in [0.5, 0.6) is 0 Å². The molecule has 1 fully saturated rings. The van der Waals surface area contributed by atoms with Gasteiger partial charge in [0, 0.05) is 32.0 Å². The van der Waals surface area contributed by atoms with Gasteiger partial charge >= 0.3 is 0 Å². The predicted molar refractivity (Wildman–Crippen MR) is 69.5 cm³/mol. The number of anilines is 1. The molecule has 18 heavy (non-hydrogen) atoms. The first-order valence-electron chi connectivity index (χ1n) is 6.23. The van der Waals surface area contributed by atoms with Gasteiger partial charge in [0.15, 0.2) is 0 Å². The minimum absolute atomic E-state index is 0.0640. The Morgan fingerprint density at radius 3 is 3.06 bits per heavy atom. The molecular weight excluding hydrogens is 230 g/mol. The zero-order valence-corrected chi connectivity index (χ0v) is 10.8. The maximum Gasteiger partial charge on any atom is 0.272 e. The zero-order valence-electron chi connectivity index (χ0n) is 10.8. The molecule has 0 radical (unpaired) electrons. The lowest BCUT2D eigenvalue weighted by molar-refractivity contribution is 0.0294. The summed E-state index contributed by atoms with van der Waals surface area (Å²) in [5.41, 5.74) is 1.32. The summed E-state index contributed by atoms with van der Waals surface area (Å²) in [7, 11) is 1.81. The van der Waals surface area contributed by atoms with Crippen LogP contribution in [0.1, 0.15) is 23.8 Å². The molecular formula is C13H19N3O2. The summed E-state index contributed by atoms with van der Waals surface area (Å²) in [5.74, 6) is 0.0565. The molecule has 1 aliphatic rings. The fraction of sp³-hybridized carbons (Fsp3) is 0.538. The SMILES string of the molecule is CNc1ccnc(C(=O)N2CCC(O)C(C)C2)c1. The van der Waals surface area contributed by atoms with E-state index in [4.69, 9.17) is 0 Å². The van der Waals surface area contributed by atoms with Crippen molar-refractivity contribution >= 4 is 11.6 Å². The Bertz CT molecular complexity index is 436. The quantitative estimate of drug-likeness (QED) is 0.819. The van der Waals surface area contributed by atoms with Gasteiger partial charge in [0.25, 0.3) is 5.91 Å². The van der Waals surface area contributed by atoms with Crippen LogP contribution in [0.15, 0.2) is 18.3 Å². The zero-order chi connectivity index (χ0) is 13.1. The number of likely N-dealkylation sites (tertiary alicyclic amines) is 1. The molecule has 1 aliphatic heterocycles. The predicted octanol–water partition coefficient (Wildman–Crippen LogP) is 0.966. The number of amides is 1. The number of aliphatic hydroxyl groups excluding tert-OH is 1. The lowest BCUT2D eigenvalue weighted by atomic mass is 9.96. The van der Waals surface area contributed by atoms with E-state index < -0.39 is 0 Å². The molecule has 2 N–H and O–H groups in total. The second-order valence-corrected chi connectivity index (χ2v) is 4.76. The maximum atomic E-state index is 12.3. The number of nitrogens with zero attached hydrogens (tertiary/aromatic N) is 2. The average Bonchev–Trinajstić information content (AvgIpc) is 2.41. The van der Waals surface area contributed by atoms with Crippen molar-refractivity contribution in [2.45, 2.75) is 19.4 Å². The van der Waals surface area contributed by atoms with Gasteiger partial charge in [-0.3, -0.25) is 9.78 Å². The van der Waals surface area contributed by atoms with E-state index in [1.54, 1.807) is 17.2 Å². The summed E-state index contributed by atoms with van der Waals surface area (Å²) in [6.45, 7) is 3.14. The second kappa shape index (κ2) is 5.35. The van der Waals surface area contributed by atoms with Crippen LogP contribution < -0.4 is 5.32 Å². The number of aromatic nitrogens is 1. The molecule has 2 atom stereocenters. The molecule has 0 spiro atoms. The van der Waals surface area contributed by atoms with Gasteiger partial charge in [-0.2, -0.15) is 0 Å². The van der Waals surface area contributed by atoms with E-state index in [1.165, 1.54) is 0 Å². The normalized spacial score (nSPS) is 23.8. The van der Waals surface area contributed by atoms with E-state index in [2.05, 4.69) is 10.3 Å². The first kappa shape index (κ1) is 12.8. The van der Waals surface area contributed by atoms with E-state index in [1.807, 2.05) is 20.0 Å². The Morgan fingerprint density at radius 2 is 2.39 bits per heavy atom. The van der Waals surface area contributed by atoms with Crippen molar-refractivity contribution in [2.24, 2.45) is 5.92 Å². The number of nitrogens with one attached hydrogen (secondary N) is 1. The number of hydrogen-bond donors (Lipinski definition) is 2. The Kier molecular flexibility index (Phi) is 3.81. The molecule has 2 rings (SSSR count). The Morgan fingerprint density at radius 1 is 1.61 bits per heavy atom. The highest BCUT2D eigenvalue weighted by Gasteiger charge is 2.28. The number of hydrogen-bond acceptors (Lipinski definition) is 4. The van der Waals surface area contributed by atoms with Crippen molar-refractivity contribution in [2.75, 3.05) is 25.5 Å². The standard InChI is InChI=1S/C13H19N3O2/c1-9-8-16(6-4-12(9)17)13(18)11-7-10(14-2)3-5-15-11/h3,5,7,9,12,17H,4,6,8H2,1-2H3,(H,14,15). The van der Waals surface area contributed by atoms with Gasteiger partial charge in [-0.05, 0) is 24.5 Å². The second-order valence-electron chi connectivity index (χ2n) is 4.76. The molecule has 0 aliphatic carbocycles. The highest BCUT2D eigenvalue weighted by Crippen LogP contribution is 2.18. The summed E-state index contributed by atoms with van der Waals surface area (Å²) in [4.78, 5) is 18.1. The van der Waals surface area contributed by atoms with E-state index >= 15 is 0 Å². The van der Waals surface area contributed by atoms with E-state index in [-0.39, 0.29) is 17.9 Å². The van der Waals surface area contributed by atoms with Gasteiger partial charge in [-0.25, -0.2) is 0 Å². The van der Waals surface area contributed by atoms with Gasteiger partial charge < -0.3 is 15.3 Å². The van der Waals surface area contributed by atoms with E-state index in [0.717, 1.165) is 5.69 Å². The number of carbonyl (C=O) groups is 1. The molecule has 1 aromatic heterocycles. The number of pyridine rings is 1. The number of rotatable bonds is 2. The molecule has 2 unspecified atom stereocenters. The molecule has 5 heteroatoms. The summed E-state index contributed by atoms with van der Waals surface area (Å²) >= 11 is 0. The number of piperidine rings is 1. The summed E-state index contributed by atoms with van der Waals surface area (Å²) in [6.07, 6.45) is 1.96. The van der Waals surface area contributed by atoms with Crippen molar-refractivity contribution < 1.29 is 9.90 Å². The summed E-state index contributed by atoms with van der Waals surface area (Å²) in [5, 5.41) is 12.7. The maximum absolute atomic E-state index is 12.3. The minimum atomic E-state index is -0.300. The van der Waals surface area contributed by atoms with Crippen LogP contribution in [0.4, 0.5) is 5.69 Å². The molecule has 0 saturated carbocycles. The number of carbonyl (C=O) groups excluding carboxylic acids is 1. The van der Waals surface area contributed by atoms with Gasteiger partial charge in [0.05, 0.1) is 6.10 Å². The van der Waals surface area contributed by atoms with Crippen LogP contribution in [0.25, 0.3) is 0 Å². The largest absolute Gasteiger partial charge is 0.393 e. The molecule has 5 nitrogen and oxygen atoms in total. The Balaban J connectivity index is 2.11. The highest BCUT2D eigenvalue weighted by atomic mass is 16.3. The topological polar surface area (TPSA) is 65.5 Å². The Labute approximate surface area is 107 Å². The molecule has 98 valence electrons. The molecule has 0 aromatic carbocycles. The van der Waals surface area contributed by atoms with Crippen LogP contribution in [0, 0.1) is 5.92 Å². The third kappa shape index (κ3) is 2.61. The van der Waals surface area contributed by atoms with Crippen LogP contribution >= 0.6 is 0 Å². The molecule has 1 amide bonds. The fourth-order valence-corrected chi connectivity index (χ4v) is 2.18. The van der Waals surface area contributed by atoms with Gasteiger partial charge in [0.2, 0.25) is 0 Å². The van der Waals surface area contributed by atoms with Crippen molar-refractivity contribution in [1.29, 1.82) is 0 Å². The fourth-order valence-electron chi connectivity index (χ4n) is 2.18. The molecule has 1 aromatic rings. The van der Waals surface area contributed by atoms with Gasteiger partial charge in [-0.15, -0.1) is 0 Å². The van der Waals surface area contributed by atoms with Gasteiger partial charge in [0.1, 0.15) is 5.69 Å². The van der Waals surface area contributed by atoms with Crippen molar-refractivity contribution in [3.05, 3.63) is 24.0 Å². The van der Waals surface area contributed by atoms with Gasteiger partial charge in [-0.1, -0.05) is 6.92 Å². The lowest BCUT2D eigenvalue weighted by Gasteiger charge is -2.34. The molecule has 1 saturated heterocycles. The molecule has 0 bridgehead atoms. The first-order valence-corrected chi connectivity index (χ1v) is 6.23. The van der Waals surface area contributed by atoms with Crippen molar-refractivity contribution in [1.82, 2.24) is 9.88 Å². The smallest absolute Gasteiger partial charge is 0.272 e. The summed E-state index contributed by atoms with van der Waals surface area (Å²) < 4.78 is 0. The van der Waals surface area contributed by atoms with Crippen LogP contribution in [-0.2, 0) is 0 Å². The third-order valence-corrected chi connectivity index (χ3v) is 3.41. The van der Waals surface area contributed by atoms with Crippen LogP contribution in [0.2, 0.25) is 0 Å². The van der Waals surface area contributed by atoms with Crippen LogP contribution in [0.3, 0.4) is 0 Å². The van der Waals surface area contributed by atoms with Crippen LogP contribution in [-0.4, -0.2) is 47.1 Å². The van der Waals surface area contributed by atoms with E-state index in [9.17, 15) is 9.90 Å². The third-order valence-electron chi connectivity index (χ3n) is 3.41. The van der Waals surface area contributed by atoms with Crippen molar-refractivity contribution in [3.8, 4) is 0 Å². The average molecular weight is 249 g/mol.